The average Bonchev–Trinajstić information content (AvgIpc) is 2.40. The summed E-state index contributed by atoms with van der Waals surface area (Å²) in [6.07, 6.45) is 0. The Morgan fingerprint density at radius 1 is 1.00 bits per heavy atom. The molecule has 0 unspecified atom stereocenters. The molecule has 1 N–H and O–H groups in total. The minimum absolute atomic E-state index is 0.0353. The van der Waals surface area contributed by atoms with Crippen molar-refractivity contribution in [2.45, 2.75) is 17.8 Å². The summed E-state index contributed by atoms with van der Waals surface area (Å²) < 4.78 is 91.5. The van der Waals surface area contributed by atoms with Crippen molar-refractivity contribution in [3.8, 4) is 0 Å². The number of carboxylic acid groups (broad SMARTS) is 1. The van der Waals surface area contributed by atoms with Gasteiger partial charge in [-0.15, -0.1) is 0 Å². The molecule has 0 amide bonds. The van der Waals surface area contributed by atoms with E-state index in [1.807, 2.05) is 0 Å². The van der Waals surface area contributed by atoms with Crippen molar-refractivity contribution in [2.24, 2.45) is 0 Å². The van der Waals surface area contributed by atoms with Gasteiger partial charge in [0, 0.05) is 5.56 Å². The van der Waals surface area contributed by atoms with Crippen LogP contribution in [0.5, 0.6) is 0 Å². The van der Waals surface area contributed by atoms with Crippen LogP contribution in [-0.4, -0.2) is 34.6 Å². The molecular formula is C11H4ClF7O3. The molecule has 1 rings (SSSR count). The maximum atomic E-state index is 13.4. The van der Waals surface area contributed by atoms with Crippen LogP contribution in [0.25, 0.3) is 0 Å². The van der Waals surface area contributed by atoms with Gasteiger partial charge in [0.2, 0.25) is 5.78 Å². The van der Waals surface area contributed by atoms with Crippen LogP contribution in [0.2, 0.25) is 5.02 Å². The summed E-state index contributed by atoms with van der Waals surface area (Å²) in [5.74, 6) is -26.7. The van der Waals surface area contributed by atoms with Crippen LogP contribution in [0.4, 0.5) is 30.7 Å². The van der Waals surface area contributed by atoms with Crippen molar-refractivity contribution in [1.29, 1.82) is 0 Å². The first-order valence-corrected chi connectivity index (χ1v) is 5.51. The summed E-state index contributed by atoms with van der Waals surface area (Å²) in [5, 5.41) is 7.28. The lowest BCUT2D eigenvalue weighted by molar-refractivity contribution is -0.285. The molecule has 11 heteroatoms. The summed E-state index contributed by atoms with van der Waals surface area (Å²) in [6.45, 7) is 0. The Labute approximate surface area is 122 Å². The summed E-state index contributed by atoms with van der Waals surface area (Å²) in [7, 11) is 0. The quantitative estimate of drug-likeness (QED) is 0.650. The number of carbonyl (C=O) groups is 2. The summed E-state index contributed by atoms with van der Waals surface area (Å²) in [5.41, 5.74) is -1.38. The number of aliphatic carboxylic acids is 1. The highest BCUT2D eigenvalue weighted by Crippen LogP contribution is 2.47. The van der Waals surface area contributed by atoms with Crippen molar-refractivity contribution in [2.75, 3.05) is 0 Å². The molecule has 0 atom stereocenters. The van der Waals surface area contributed by atoms with E-state index in [-0.39, 0.29) is 6.07 Å². The molecule has 0 bridgehead atoms. The predicted molar refractivity (Wildman–Crippen MR) is 58.2 cm³/mol. The van der Waals surface area contributed by atoms with Gasteiger partial charge in [0.05, 0.1) is 5.02 Å². The molecule has 1 aromatic rings. The minimum Gasteiger partial charge on any atom is -0.477 e. The molecule has 0 heterocycles. The maximum Gasteiger partial charge on any atom is 0.411 e. The standard InChI is InChI=1S/C11H4ClF7O3/c12-5-2-1-4(3-6(5)13)7(20)9(14,15)11(18,19)10(16,17)8(21)22/h1-3H,(H,21,22). The van der Waals surface area contributed by atoms with E-state index in [4.69, 9.17) is 16.7 Å². The monoisotopic (exact) mass is 352 g/mol. The fourth-order valence-electron chi connectivity index (χ4n) is 1.29. The fourth-order valence-corrected chi connectivity index (χ4v) is 1.41. The molecule has 1 aromatic carbocycles. The molecule has 0 fully saturated rings. The smallest absolute Gasteiger partial charge is 0.411 e. The zero-order valence-electron chi connectivity index (χ0n) is 10.0. The second-order valence-corrected chi connectivity index (χ2v) is 4.39. The van der Waals surface area contributed by atoms with Gasteiger partial charge in [-0.2, -0.15) is 26.3 Å². The molecule has 122 valence electrons. The summed E-state index contributed by atoms with van der Waals surface area (Å²) in [4.78, 5) is 21.3. The van der Waals surface area contributed by atoms with Gasteiger partial charge in [0.15, 0.2) is 0 Å². The molecule has 0 saturated carbocycles. The van der Waals surface area contributed by atoms with E-state index < -0.39 is 45.9 Å². The number of carbonyl (C=O) groups excluding carboxylic acids is 1. The van der Waals surface area contributed by atoms with Gasteiger partial charge in [0.1, 0.15) is 5.82 Å². The van der Waals surface area contributed by atoms with E-state index in [0.29, 0.717) is 12.1 Å². The highest BCUT2D eigenvalue weighted by Gasteiger charge is 2.78. The van der Waals surface area contributed by atoms with E-state index in [0.717, 1.165) is 0 Å². The third-order valence-corrected chi connectivity index (χ3v) is 2.83. The first-order valence-electron chi connectivity index (χ1n) is 5.13. The number of Topliss-reactive ketones (excluding diaryl/α,β-unsaturated/α-hetero) is 1. The number of alkyl halides is 6. The highest BCUT2D eigenvalue weighted by atomic mass is 35.5. The summed E-state index contributed by atoms with van der Waals surface area (Å²) >= 11 is 5.18. The van der Waals surface area contributed by atoms with Crippen molar-refractivity contribution in [3.63, 3.8) is 0 Å². The van der Waals surface area contributed by atoms with Gasteiger partial charge in [-0.25, -0.2) is 9.18 Å². The number of halogens is 8. The topological polar surface area (TPSA) is 54.4 Å². The van der Waals surface area contributed by atoms with Gasteiger partial charge in [-0.05, 0) is 18.2 Å². The van der Waals surface area contributed by atoms with E-state index >= 15 is 0 Å². The third-order valence-electron chi connectivity index (χ3n) is 2.52. The van der Waals surface area contributed by atoms with E-state index in [9.17, 15) is 40.3 Å². The third kappa shape index (κ3) is 2.62. The second kappa shape index (κ2) is 5.41. The number of hydrogen-bond donors (Lipinski definition) is 1. The highest BCUT2D eigenvalue weighted by molar-refractivity contribution is 6.30. The van der Waals surface area contributed by atoms with Crippen LogP contribution in [-0.2, 0) is 4.79 Å². The largest absolute Gasteiger partial charge is 0.477 e. The number of carboxylic acids is 1. The lowest BCUT2D eigenvalue weighted by Gasteiger charge is -2.29. The lowest BCUT2D eigenvalue weighted by Crippen LogP contribution is -2.60. The van der Waals surface area contributed by atoms with Gasteiger partial charge in [0.25, 0.3) is 0 Å². The van der Waals surface area contributed by atoms with Crippen LogP contribution in [0.15, 0.2) is 18.2 Å². The normalized spacial score (nSPS) is 13.1. The first-order chi connectivity index (χ1) is 9.76. The van der Waals surface area contributed by atoms with Gasteiger partial charge in [-0.1, -0.05) is 11.6 Å². The molecule has 0 spiro atoms. The maximum absolute atomic E-state index is 13.4. The molecule has 0 radical (unpaired) electrons. The van der Waals surface area contributed by atoms with E-state index in [1.165, 1.54) is 0 Å². The van der Waals surface area contributed by atoms with Gasteiger partial charge >= 0.3 is 23.7 Å². The number of ketones is 1. The average molecular weight is 353 g/mol. The number of benzene rings is 1. The van der Waals surface area contributed by atoms with Crippen molar-refractivity contribution >= 4 is 23.4 Å². The van der Waals surface area contributed by atoms with Crippen molar-refractivity contribution in [3.05, 3.63) is 34.6 Å². The number of hydrogen-bond acceptors (Lipinski definition) is 2. The molecule has 22 heavy (non-hydrogen) atoms. The van der Waals surface area contributed by atoms with Crippen LogP contribution in [0, 0.1) is 5.82 Å². The van der Waals surface area contributed by atoms with E-state index in [2.05, 4.69) is 0 Å². The van der Waals surface area contributed by atoms with Gasteiger partial charge in [-0.3, -0.25) is 4.79 Å². The summed E-state index contributed by atoms with van der Waals surface area (Å²) in [6, 6.07) is 0.998. The first kappa shape index (κ1) is 18.2. The Morgan fingerprint density at radius 3 is 1.91 bits per heavy atom. The van der Waals surface area contributed by atoms with Crippen LogP contribution >= 0.6 is 11.6 Å². The Kier molecular flexibility index (Phi) is 4.48. The zero-order chi connectivity index (χ0) is 17.5. The van der Waals surface area contributed by atoms with Crippen LogP contribution < -0.4 is 0 Å². The Bertz CT molecular complexity index is 630. The Balaban J connectivity index is 3.35. The molecule has 0 aromatic heterocycles. The minimum atomic E-state index is -6.54. The zero-order valence-corrected chi connectivity index (χ0v) is 10.8. The molecule has 0 aliphatic heterocycles. The van der Waals surface area contributed by atoms with Gasteiger partial charge < -0.3 is 5.11 Å². The molecule has 3 nitrogen and oxygen atoms in total. The molecule has 0 saturated heterocycles. The van der Waals surface area contributed by atoms with E-state index in [1.54, 1.807) is 0 Å². The molecule has 0 aliphatic rings. The SMILES string of the molecule is O=C(O)C(F)(F)C(F)(F)C(F)(F)C(=O)c1ccc(Cl)c(F)c1. The molecule has 0 aliphatic carbocycles. The number of rotatable bonds is 5. The predicted octanol–water partition coefficient (Wildman–Crippen LogP) is 3.65. The van der Waals surface area contributed by atoms with Crippen LogP contribution in [0.3, 0.4) is 0 Å². The Morgan fingerprint density at radius 2 is 1.50 bits per heavy atom. The Hall–Kier alpha value is -1.84. The second-order valence-electron chi connectivity index (χ2n) is 3.99. The van der Waals surface area contributed by atoms with Crippen molar-refractivity contribution in [1.82, 2.24) is 0 Å². The molecular weight excluding hydrogens is 349 g/mol. The van der Waals surface area contributed by atoms with Crippen molar-refractivity contribution < 1.29 is 45.4 Å². The van der Waals surface area contributed by atoms with Crippen LogP contribution in [0.1, 0.15) is 10.4 Å². The fraction of sp³-hybridized carbons (Fsp3) is 0.273. The lowest BCUT2D eigenvalue weighted by atomic mass is 9.96.